The number of nitrogens with one attached hydrogen (secondary N) is 3. The van der Waals surface area contributed by atoms with E-state index in [1.165, 1.54) is 24.3 Å². The van der Waals surface area contributed by atoms with Gasteiger partial charge >= 0.3 is 26.4 Å². The zero-order chi connectivity index (χ0) is 37.9. The fourth-order valence-electron chi connectivity index (χ4n) is 6.16. The van der Waals surface area contributed by atoms with Crippen molar-refractivity contribution in [2.24, 2.45) is 0 Å². The Bertz CT molecular complexity index is 2350. The second-order valence-corrected chi connectivity index (χ2v) is 15.6. The van der Waals surface area contributed by atoms with Gasteiger partial charge < -0.3 is 15.2 Å². The van der Waals surface area contributed by atoms with Crippen LogP contribution >= 0.6 is 0 Å². The molecule has 3 amide bonds. The van der Waals surface area contributed by atoms with Gasteiger partial charge in [0.25, 0.3) is 11.8 Å². The SMILES string of the molecule is CCNC(=O)Cc1ccccc1Cc1ccc(N2CC(=O)NS2(=O)=O)c(OC(=O)Cc2ccccc2Cc2ccc(N3CC(=O)NS3(=O)=O)c(O)c2)c1. The molecular weight excluding hydrogens is 727 g/mol. The third-order valence-electron chi connectivity index (χ3n) is 8.55. The molecule has 0 unspecified atom stereocenters. The van der Waals surface area contributed by atoms with Crippen molar-refractivity contribution in [1.82, 2.24) is 14.8 Å². The van der Waals surface area contributed by atoms with Crippen molar-refractivity contribution < 1.29 is 45.9 Å². The van der Waals surface area contributed by atoms with Gasteiger partial charge in [-0.2, -0.15) is 16.8 Å². The number of esters is 1. The molecule has 276 valence electrons. The number of phenols is 1. The molecule has 2 aliphatic heterocycles. The van der Waals surface area contributed by atoms with E-state index in [0.717, 1.165) is 19.7 Å². The van der Waals surface area contributed by atoms with Crippen LogP contribution in [-0.4, -0.2) is 65.3 Å². The van der Waals surface area contributed by atoms with Crippen molar-refractivity contribution in [1.29, 1.82) is 0 Å². The number of aromatic hydroxyl groups is 1. The predicted molar refractivity (Wildman–Crippen MR) is 194 cm³/mol. The normalized spacial score (nSPS) is 15.9. The van der Waals surface area contributed by atoms with Crippen LogP contribution in [0, 0.1) is 0 Å². The van der Waals surface area contributed by atoms with Gasteiger partial charge in [-0.05, 0) is 77.4 Å². The highest BCUT2D eigenvalue weighted by atomic mass is 32.2. The first kappa shape index (κ1) is 36.8. The molecule has 0 aromatic heterocycles. The monoisotopic (exact) mass is 761 g/mol. The largest absolute Gasteiger partial charge is 0.506 e. The molecule has 4 aromatic carbocycles. The highest BCUT2D eigenvalue weighted by molar-refractivity contribution is 7.92. The quantitative estimate of drug-likeness (QED) is 0.122. The van der Waals surface area contributed by atoms with Crippen molar-refractivity contribution in [3.63, 3.8) is 0 Å². The number of hydrogen-bond donors (Lipinski definition) is 4. The van der Waals surface area contributed by atoms with Gasteiger partial charge in [0.1, 0.15) is 18.8 Å². The Kier molecular flexibility index (Phi) is 10.4. The summed E-state index contributed by atoms with van der Waals surface area (Å²) >= 11 is 0. The van der Waals surface area contributed by atoms with Crippen molar-refractivity contribution >= 4 is 55.5 Å². The van der Waals surface area contributed by atoms with Crippen LogP contribution < -0.4 is 28.1 Å². The van der Waals surface area contributed by atoms with Crippen LogP contribution in [0.1, 0.15) is 40.3 Å². The topological polar surface area (TPSA) is 209 Å². The molecule has 0 saturated carbocycles. The number of carbonyl (C=O) groups excluding carboxylic acids is 4. The van der Waals surface area contributed by atoms with E-state index in [1.54, 1.807) is 36.4 Å². The number of carbonyl (C=O) groups is 4. The molecule has 53 heavy (non-hydrogen) atoms. The first-order chi connectivity index (χ1) is 25.2. The van der Waals surface area contributed by atoms with E-state index in [0.29, 0.717) is 35.2 Å². The van der Waals surface area contributed by atoms with E-state index in [2.05, 4.69) is 5.32 Å². The average molecular weight is 762 g/mol. The maximum Gasteiger partial charge on any atom is 0.326 e. The lowest BCUT2D eigenvalue weighted by atomic mass is 9.97. The lowest BCUT2D eigenvalue weighted by molar-refractivity contribution is -0.133. The smallest absolute Gasteiger partial charge is 0.326 e. The van der Waals surface area contributed by atoms with Crippen LogP contribution in [0.2, 0.25) is 0 Å². The number of rotatable bonds is 12. The van der Waals surface area contributed by atoms with Crippen LogP contribution in [0.4, 0.5) is 11.4 Å². The number of ether oxygens (including phenoxy) is 1. The molecule has 2 aliphatic rings. The Hall–Kier alpha value is -5.94. The molecule has 0 atom stereocenters. The second kappa shape index (κ2) is 15.0. The Labute approximate surface area is 305 Å². The van der Waals surface area contributed by atoms with E-state index in [9.17, 15) is 41.1 Å². The van der Waals surface area contributed by atoms with E-state index in [1.807, 2.05) is 40.6 Å². The summed E-state index contributed by atoms with van der Waals surface area (Å²) < 4.78 is 61.4. The van der Waals surface area contributed by atoms with Crippen molar-refractivity contribution in [2.45, 2.75) is 32.6 Å². The average Bonchev–Trinajstić information content (AvgIpc) is 3.52. The number of phenolic OH excluding ortho intramolecular Hbond substituents is 1. The summed E-state index contributed by atoms with van der Waals surface area (Å²) in [6.07, 6.45) is 0.488. The fraction of sp³-hybridized carbons (Fsp3) is 0.222. The number of hydrogen-bond acceptors (Lipinski definition) is 10. The molecule has 2 saturated heterocycles. The van der Waals surface area contributed by atoms with Gasteiger partial charge in [-0.3, -0.25) is 19.2 Å². The van der Waals surface area contributed by atoms with Crippen LogP contribution in [0.3, 0.4) is 0 Å². The number of benzene rings is 4. The highest BCUT2D eigenvalue weighted by Crippen LogP contribution is 2.35. The molecule has 15 nitrogen and oxygen atoms in total. The summed E-state index contributed by atoms with van der Waals surface area (Å²) in [7, 11) is -8.37. The van der Waals surface area contributed by atoms with Gasteiger partial charge in [0.2, 0.25) is 5.91 Å². The van der Waals surface area contributed by atoms with E-state index in [-0.39, 0.29) is 48.0 Å². The summed E-state index contributed by atoms with van der Waals surface area (Å²) in [6, 6.07) is 23.4. The van der Waals surface area contributed by atoms with Gasteiger partial charge in [0.05, 0.1) is 24.2 Å². The number of likely N-dealkylation sites (N-methyl/N-ethyl adjacent to an activating group) is 1. The molecule has 0 bridgehead atoms. The number of anilines is 2. The third-order valence-corrected chi connectivity index (χ3v) is 11.3. The van der Waals surface area contributed by atoms with Gasteiger partial charge in [-0.25, -0.2) is 18.1 Å². The molecule has 6 rings (SSSR count). The molecular formula is C36H35N5O10S2. The highest BCUT2D eigenvalue weighted by Gasteiger charge is 2.37. The van der Waals surface area contributed by atoms with Crippen LogP contribution in [0.5, 0.6) is 11.5 Å². The van der Waals surface area contributed by atoms with Gasteiger partial charge in [0.15, 0.2) is 5.75 Å². The first-order valence-electron chi connectivity index (χ1n) is 16.4. The van der Waals surface area contributed by atoms with Crippen molar-refractivity contribution in [2.75, 3.05) is 28.2 Å². The Morgan fingerprint density at radius 1 is 0.717 bits per heavy atom. The molecule has 0 spiro atoms. The maximum atomic E-state index is 13.6. The standard InChI is InChI=1S/C36H35N5O10S2/c1-2-37-33(43)19-27-9-5-3-7-25(27)16-24-12-14-30(41-22-35(45)39-53(41,49)50)32(18-24)51-36(46)20-28-10-6-4-8-26(28)15-23-11-13-29(31(42)17-23)40-21-34(44)38-52(40,47)48/h3-14,17-18,42H,2,15-16,19-22H2,1H3,(H,37,43)(H,38,44)(H,39,45). The molecule has 2 heterocycles. The summed E-state index contributed by atoms with van der Waals surface area (Å²) in [6.45, 7) is 1.35. The van der Waals surface area contributed by atoms with Gasteiger partial charge in [0, 0.05) is 6.54 Å². The first-order valence-corrected chi connectivity index (χ1v) is 19.3. The summed E-state index contributed by atoms with van der Waals surface area (Å²) in [4.78, 5) is 49.7. The zero-order valence-electron chi connectivity index (χ0n) is 28.4. The van der Waals surface area contributed by atoms with Gasteiger partial charge in [-0.1, -0.05) is 60.7 Å². The predicted octanol–water partition coefficient (Wildman–Crippen LogP) is 1.76. The Morgan fingerprint density at radius 3 is 1.72 bits per heavy atom. The minimum absolute atomic E-state index is 0.0168. The minimum atomic E-state index is -4.25. The summed E-state index contributed by atoms with van der Waals surface area (Å²) in [5.41, 5.74) is 4.06. The van der Waals surface area contributed by atoms with E-state index < -0.39 is 51.3 Å². The molecule has 2 fully saturated rings. The second-order valence-electron chi connectivity index (χ2n) is 12.4. The van der Waals surface area contributed by atoms with Crippen LogP contribution in [0.25, 0.3) is 0 Å². The van der Waals surface area contributed by atoms with Crippen LogP contribution in [0.15, 0.2) is 84.9 Å². The summed E-state index contributed by atoms with van der Waals surface area (Å²) in [5, 5.41) is 13.5. The number of nitrogens with zero attached hydrogens (tertiary/aromatic N) is 2. The van der Waals surface area contributed by atoms with Crippen LogP contribution in [-0.2, 0) is 65.3 Å². The lowest BCUT2D eigenvalue weighted by Crippen LogP contribution is -2.30. The zero-order valence-corrected chi connectivity index (χ0v) is 30.0. The van der Waals surface area contributed by atoms with Crippen molar-refractivity contribution in [3.05, 3.63) is 118 Å². The Morgan fingerprint density at radius 2 is 1.21 bits per heavy atom. The van der Waals surface area contributed by atoms with E-state index in [4.69, 9.17) is 4.74 Å². The van der Waals surface area contributed by atoms with Gasteiger partial charge in [-0.15, -0.1) is 0 Å². The minimum Gasteiger partial charge on any atom is -0.506 e. The molecule has 4 aromatic rings. The molecule has 4 N–H and O–H groups in total. The summed E-state index contributed by atoms with van der Waals surface area (Å²) in [5.74, 6) is -2.77. The molecule has 0 radical (unpaired) electrons. The van der Waals surface area contributed by atoms with Crippen molar-refractivity contribution in [3.8, 4) is 11.5 Å². The lowest BCUT2D eigenvalue weighted by Gasteiger charge is -2.20. The molecule has 0 aliphatic carbocycles. The maximum absolute atomic E-state index is 13.6. The van der Waals surface area contributed by atoms with E-state index >= 15 is 0 Å². The fourth-order valence-corrected chi connectivity index (χ4v) is 8.48. The number of amides is 3. The molecule has 17 heteroatoms. The Balaban J connectivity index is 1.24. The third kappa shape index (κ3) is 8.42.